The Balaban J connectivity index is 1.35. The molecule has 36 heavy (non-hydrogen) atoms. The lowest BCUT2D eigenvalue weighted by molar-refractivity contribution is -0.274. The van der Waals surface area contributed by atoms with Crippen molar-refractivity contribution in [2.45, 2.75) is 50.5 Å². The van der Waals surface area contributed by atoms with Crippen LogP contribution in [0, 0.1) is 11.7 Å². The van der Waals surface area contributed by atoms with E-state index in [1.54, 1.807) is 6.20 Å². The van der Waals surface area contributed by atoms with Crippen molar-refractivity contribution in [2.24, 2.45) is 5.92 Å². The number of hydrogen-bond acceptors (Lipinski definition) is 8. The van der Waals surface area contributed by atoms with Crippen LogP contribution < -0.4 is 10.1 Å². The molecular formula is C23H23F4N5O3S. The number of amides is 1. The highest BCUT2D eigenvalue weighted by molar-refractivity contribution is 7.15. The second-order valence-electron chi connectivity index (χ2n) is 8.41. The van der Waals surface area contributed by atoms with Crippen LogP contribution in [0.25, 0.3) is 0 Å². The molecule has 2 heterocycles. The van der Waals surface area contributed by atoms with Crippen LogP contribution in [0.1, 0.15) is 54.0 Å². The van der Waals surface area contributed by atoms with Gasteiger partial charge in [0.2, 0.25) is 5.13 Å². The minimum atomic E-state index is -4.96. The Bertz CT molecular complexity index is 1170. The third-order valence-electron chi connectivity index (χ3n) is 5.98. The van der Waals surface area contributed by atoms with E-state index in [0.717, 1.165) is 61.7 Å². The van der Waals surface area contributed by atoms with Crippen molar-refractivity contribution >= 4 is 22.4 Å². The summed E-state index contributed by atoms with van der Waals surface area (Å²) in [4.78, 5) is 12.7. The zero-order chi connectivity index (χ0) is 25.7. The van der Waals surface area contributed by atoms with Crippen LogP contribution >= 0.6 is 11.3 Å². The Labute approximate surface area is 208 Å². The third kappa shape index (κ3) is 6.72. The maximum Gasteiger partial charge on any atom is 0.573 e. The van der Waals surface area contributed by atoms with Gasteiger partial charge in [0.1, 0.15) is 16.6 Å². The van der Waals surface area contributed by atoms with Gasteiger partial charge >= 0.3 is 6.36 Å². The molecule has 13 heteroatoms. The van der Waals surface area contributed by atoms with Gasteiger partial charge in [-0.15, -0.1) is 23.4 Å². The molecule has 0 radical (unpaired) electrons. The summed E-state index contributed by atoms with van der Waals surface area (Å²) in [6.45, 7) is 0. The monoisotopic (exact) mass is 525 g/mol. The molecule has 0 aliphatic heterocycles. The maximum absolute atomic E-state index is 14.3. The number of methoxy groups -OCH3 is 1. The highest BCUT2D eigenvalue weighted by Crippen LogP contribution is 2.37. The largest absolute Gasteiger partial charge is 0.573 e. The topological polar surface area (TPSA) is 99.1 Å². The van der Waals surface area contributed by atoms with E-state index in [0.29, 0.717) is 18.3 Å². The lowest BCUT2D eigenvalue weighted by Crippen LogP contribution is -2.24. The quantitative estimate of drug-likeness (QED) is 0.403. The van der Waals surface area contributed by atoms with Crippen molar-refractivity contribution in [1.29, 1.82) is 0 Å². The molecule has 1 saturated carbocycles. The summed E-state index contributed by atoms with van der Waals surface area (Å²) in [5.41, 5.74) is 0.609. The van der Waals surface area contributed by atoms with Gasteiger partial charge in [-0.25, -0.2) is 4.39 Å². The Hall–Kier alpha value is -3.19. The zero-order valence-electron chi connectivity index (χ0n) is 19.2. The predicted octanol–water partition coefficient (Wildman–Crippen LogP) is 5.21. The minimum absolute atomic E-state index is 0.188. The molecule has 0 spiro atoms. The third-order valence-corrected chi connectivity index (χ3v) is 6.84. The number of anilines is 1. The first-order valence-electron chi connectivity index (χ1n) is 11.2. The molecule has 0 bridgehead atoms. The Kier molecular flexibility index (Phi) is 8.09. The maximum atomic E-state index is 14.3. The highest BCUT2D eigenvalue weighted by atomic mass is 32.1. The average Bonchev–Trinajstić information content (AvgIpc) is 3.28. The van der Waals surface area contributed by atoms with Crippen LogP contribution in [0.2, 0.25) is 0 Å². The molecule has 3 aromatic rings. The van der Waals surface area contributed by atoms with E-state index >= 15 is 0 Å². The fraction of sp³-hybridized carbons (Fsp3) is 0.435. The molecular weight excluding hydrogens is 502 g/mol. The standard InChI is InChI=1S/C23H23F4N5O3S/c1-34-20(16-12-15(8-9-17(16)24)35-23(25,26)27)21(33)29-22-32-31-19(36-22)11-13-4-6-14(7-5-13)18-3-2-10-28-30-18/h2-3,8-10,12-14,20H,4-7,11H2,1H3,(H,29,32,33)/t13?,14?,20-/m1/s1. The predicted molar refractivity (Wildman–Crippen MR) is 122 cm³/mol. The second-order valence-corrected chi connectivity index (χ2v) is 9.47. The molecule has 1 aliphatic rings. The number of hydrogen-bond donors (Lipinski definition) is 1. The van der Waals surface area contributed by atoms with Gasteiger partial charge in [-0.2, -0.15) is 10.2 Å². The molecule has 192 valence electrons. The number of aromatic nitrogens is 4. The molecule has 0 unspecified atom stereocenters. The molecule has 1 amide bonds. The van der Waals surface area contributed by atoms with E-state index in [-0.39, 0.29) is 5.13 Å². The number of carbonyl (C=O) groups is 1. The summed E-state index contributed by atoms with van der Waals surface area (Å²) >= 11 is 1.19. The number of rotatable bonds is 8. The summed E-state index contributed by atoms with van der Waals surface area (Å²) in [7, 11) is 1.14. The molecule has 4 rings (SSSR count). The number of benzene rings is 1. The summed E-state index contributed by atoms with van der Waals surface area (Å²) in [6.07, 6.45) is -0.101. The Morgan fingerprint density at radius 1 is 1.17 bits per heavy atom. The first kappa shape index (κ1) is 25.9. The smallest absolute Gasteiger partial charge is 0.406 e. The summed E-state index contributed by atoms with van der Waals surface area (Å²) < 4.78 is 60.8. The van der Waals surface area contributed by atoms with Crippen LogP contribution in [0.15, 0.2) is 36.5 Å². The summed E-state index contributed by atoms with van der Waals surface area (Å²) in [5, 5.41) is 19.7. The zero-order valence-corrected chi connectivity index (χ0v) is 20.0. The minimum Gasteiger partial charge on any atom is -0.406 e. The van der Waals surface area contributed by atoms with Crippen molar-refractivity contribution < 1.29 is 31.8 Å². The van der Waals surface area contributed by atoms with Crippen molar-refractivity contribution in [3.63, 3.8) is 0 Å². The van der Waals surface area contributed by atoms with Crippen LogP contribution in [0.5, 0.6) is 5.75 Å². The van der Waals surface area contributed by atoms with Gasteiger partial charge in [0.15, 0.2) is 6.10 Å². The SMILES string of the molecule is CO[C@@H](C(=O)Nc1nnc(CC2CCC(c3cccnn3)CC2)s1)c1cc(OC(F)(F)F)ccc1F. The van der Waals surface area contributed by atoms with E-state index in [2.05, 4.69) is 30.4 Å². The van der Waals surface area contributed by atoms with Crippen molar-refractivity contribution in [2.75, 3.05) is 12.4 Å². The van der Waals surface area contributed by atoms with E-state index in [1.807, 2.05) is 12.1 Å². The van der Waals surface area contributed by atoms with Gasteiger partial charge in [-0.1, -0.05) is 11.3 Å². The molecule has 2 aromatic heterocycles. The lowest BCUT2D eigenvalue weighted by atomic mass is 9.79. The Morgan fingerprint density at radius 2 is 1.94 bits per heavy atom. The molecule has 1 atom stereocenters. The van der Waals surface area contributed by atoms with Crippen LogP contribution in [-0.4, -0.2) is 39.8 Å². The normalized spacial score (nSPS) is 19.0. The average molecular weight is 526 g/mol. The van der Waals surface area contributed by atoms with Crippen molar-refractivity contribution in [1.82, 2.24) is 20.4 Å². The number of halogens is 4. The van der Waals surface area contributed by atoms with Gasteiger partial charge in [0.25, 0.3) is 5.91 Å². The van der Waals surface area contributed by atoms with E-state index in [1.165, 1.54) is 11.3 Å². The molecule has 1 aliphatic carbocycles. The first-order chi connectivity index (χ1) is 17.2. The molecule has 1 N–H and O–H groups in total. The number of nitrogens with zero attached hydrogens (tertiary/aromatic N) is 4. The highest BCUT2D eigenvalue weighted by Gasteiger charge is 2.33. The summed E-state index contributed by atoms with van der Waals surface area (Å²) in [6, 6.07) is 6.25. The van der Waals surface area contributed by atoms with E-state index in [4.69, 9.17) is 4.74 Å². The first-order valence-corrected chi connectivity index (χ1v) is 12.0. The van der Waals surface area contributed by atoms with Crippen LogP contribution in [0.3, 0.4) is 0 Å². The fourth-order valence-corrected chi connectivity index (χ4v) is 5.15. The van der Waals surface area contributed by atoms with Crippen LogP contribution in [-0.2, 0) is 16.0 Å². The number of nitrogens with one attached hydrogen (secondary N) is 1. The number of ether oxygens (including phenoxy) is 2. The molecule has 1 fully saturated rings. The fourth-order valence-electron chi connectivity index (χ4n) is 4.29. The molecule has 1 aromatic carbocycles. The van der Waals surface area contributed by atoms with Crippen molar-refractivity contribution in [3.05, 3.63) is 58.6 Å². The number of alkyl halides is 3. The van der Waals surface area contributed by atoms with E-state index < -0.39 is 35.5 Å². The Morgan fingerprint density at radius 3 is 2.61 bits per heavy atom. The lowest BCUT2D eigenvalue weighted by Gasteiger charge is -2.27. The molecule has 0 saturated heterocycles. The van der Waals surface area contributed by atoms with Crippen LogP contribution in [0.4, 0.5) is 22.7 Å². The number of carbonyl (C=O) groups excluding carboxylic acids is 1. The van der Waals surface area contributed by atoms with Gasteiger partial charge in [0.05, 0.1) is 5.69 Å². The van der Waals surface area contributed by atoms with Gasteiger partial charge in [-0.05, 0) is 61.9 Å². The van der Waals surface area contributed by atoms with Crippen molar-refractivity contribution in [3.8, 4) is 5.75 Å². The van der Waals surface area contributed by atoms with Gasteiger partial charge in [0, 0.05) is 31.2 Å². The van der Waals surface area contributed by atoms with Gasteiger partial charge in [-0.3, -0.25) is 10.1 Å². The molecule has 8 nitrogen and oxygen atoms in total. The van der Waals surface area contributed by atoms with E-state index in [9.17, 15) is 22.4 Å². The van der Waals surface area contributed by atoms with Gasteiger partial charge < -0.3 is 9.47 Å². The summed E-state index contributed by atoms with van der Waals surface area (Å²) in [5.74, 6) is -1.56. The second kappa shape index (κ2) is 11.2.